The lowest BCUT2D eigenvalue weighted by atomic mass is 9.74. The maximum atomic E-state index is 13.2. The molecule has 3 aromatic rings. The van der Waals surface area contributed by atoms with E-state index in [-0.39, 0.29) is 36.5 Å². The standard InChI is InChI=1S/C30H30FN3O2/c31-25-14-16-26(17-15-25)32-30(36)33-18-4-5-19-34-27(20-33)29(28(34)21-35)24-12-10-23(11-13-24)9-8-22-6-2-1-3-7-22/h1-3,6-7,10-17,27-29,35H,4-5,18-21H2,(H,32,36)/t27-,28-,29+/m0/s1. The first kappa shape index (κ1) is 24.1. The van der Waals surface area contributed by atoms with Crippen molar-refractivity contribution in [1.29, 1.82) is 0 Å². The van der Waals surface area contributed by atoms with E-state index in [0.29, 0.717) is 18.8 Å². The molecule has 0 unspecified atom stereocenters. The lowest BCUT2D eigenvalue weighted by molar-refractivity contribution is -0.0585. The van der Waals surface area contributed by atoms with Crippen molar-refractivity contribution in [3.05, 3.63) is 101 Å². The molecular formula is C30H30FN3O2. The maximum Gasteiger partial charge on any atom is 0.321 e. The number of hydrogen-bond donors (Lipinski definition) is 2. The molecule has 3 aromatic carbocycles. The van der Waals surface area contributed by atoms with Crippen LogP contribution in [-0.4, -0.2) is 59.3 Å². The predicted molar refractivity (Wildman–Crippen MR) is 139 cm³/mol. The molecule has 6 heteroatoms. The molecule has 5 rings (SSSR count). The second kappa shape index (κ2) is 10.9. The Labute approximate surface area is 211 Å². The molecule has 0 saturated carbocycles. The first-order chi connectivity index (χ1) is 17.6. The average molecular weight is 484 g/mol. The smallest absolute Gasteiger partial charge is 0.321 e. The van der Waals surface area contributed by atoms with Gasteiger partial charge in [-0.3, -0.25) is 4.90 Å². The average Bonchev–Trinajstić information content (AvgIpc) is 2.89. The van der Waals surface area contributed by atoms with Gasteiger partial charge in [-0.25, -0.2) is 9.18 Å². The minimum atomic E-state index is -0.334. The molecule has 0 bridgehead atoms. The van der Waals surface area contributed by atoms with Gasteiger partial charge in [0.15, 0.2) is 0 Å². The van der Waals surface area contributed by atoms with Crippen molar-refractivity contribution in [3.63, 3.8) is 0 Å². The number of nitrogens with one attached hydrogen (secondary N) is 1. The lowest BCUT2D eigenvalue weighted by Gasteiger charge is -2.57. The summed E-state index contributed by atoms with van der Waals surface area (Å²) in [7, 11) is 0. The van der Waals surface area contributed by atoms with E-state index in [2.05, 4.69) is 34.2 Å². The van der Waals surface area contributed by atoms with Crippen LogP contribution in [0.3, 0.4) is 0 Å². The van der Waals surface area contributed by atoms with E-state index < -0.39 is 0 Å². The van der Waals surface area contributed by atoms with Crippen LogP contribution >= 0.6 is 0 Å². The minimum absolute atomic E-state index is 0.0383. The molecule has 5 nitrogen and oxygen atoms in total. The largest absolute Gasteiger partial charge is 0.395 e. The molecule has 2 N–H and O–H groups in total. The Morgan fingerprint density at radius 2 is 1.58 bits per heavy atom. The summed E-state index contributed by atoms with van der Waals surface area (Å²) in [5.41, 5.74) is 3.65. The number of carbonyl (C=O) groups excluding carboxylic acids is 1. The van der Waals surface area contributed by atoms with E-state index in [0.717, 1.165) is 36.1 Å². The van der Waals surface area contributed by atoms with Crippen molar-refractivity contribution in [2.24, 2.45) is 0 Å². The summed E-state index contributed by atoms with van der Waals surface area (Å²) in [5.74, 6) is 6.20. The number of rotatable bonds is 3. The molecule has 36 heavy (non-hydrogen) atoms. The van der Waals surface area contributed by atoms with E-state index in [1.54, 1.807) is 12.1 Å². The third kappa shape index (κ3) is 5.28. The number of nitrogens with zero attached hydrogens (tertiary/aromatic N) is 2. The zero-order valence-corrected chi connectivity index (χ0v) is 20.1. The van der Waals surface area contributed by atoms with E-state index in [4.69, 9.17) is 0 Å². The van der Waals surface area contributed by atoms with Gasteiger partial charge in [-0.1, -0.05) is 42.2 Å². The van der Waals surface area contributed by atoms with Gasteiger partial charge < -0.3 is 15.3 Å². The van der Waals surface area contributed by atoms with Crippen LogP contribution in [0.25, 0.3) is 0 Å². The van der Waals surface area contributed by atoms with Crippen LogP contribution in [0.1, 0.15) is 35.4 Å². The first-order valence-electron chi connectivity index (χ1n) is 12.5. The van der Waals surface area contributed by atoms with Gasteiger partial charge in [0.1, 0.15) is 5.82 Å². The van der Waals surface area contributed by atoms with Crippen LogP contribution in [0.15, 0.2) is 78.9 Å². The van der Waals surface area contributed by atoms with Crippen LogP contribution in [0.4, 0.5) is 14.9 Å². The molecule has 0 radical (unpaired) electrons. The number of amides is 2. The lowest BCUT2D eigenvalue weighted by Crippen LogP contribution is -2.68. The topological polar surface area (TPSA) is 55.8 Å². The van der Waals surface area contributed by atoms with Crippen molar-refractivity contribution in [3.8, 4) is 11.8 Å². The Morgan fingerprint density at radius 1 is 0.917 bits per heavy atom. The van der Waals surface area contributed by atoms with Crippen LogP contribution < -0.4 is 5.32 Å². The van der Waals surface area contributed by atoms with Crippen LogP contribution in [0.5, 0.6) is 0 Å². The Balaban J connectivity index is 1.31. The highest BCUT2D eigenvalue weighted by Crippen LogP contribution is 2.42. The second-order valence-corrected chi connectivity index (χ2v) is 9.41. The maximum absolute atomic E-state index is 13.2. The van der Waals surface area contributed by atoms with Crippen molar-refractivity contribution in [1.82, 2.24) is 9.80 Å². The summed E-state index contributed by atoms with van der Waals surface area (Å²) in [4.78, 5) is 17.2. The van der Waals surface area contributed by atoms with Crippen LogP contribution in [-0.2, 0) is 0 Å². The van der Waals surface area contributed by atoms with E-state index in [9.17, 15) is 14.3 Å². The van der Waals surface area contributed by atoms with Crippen molar-refractivity contribution in [2.75, 3.05) is 31.6 Å². The number of hydrogen-bond acceptors (Lipinski definition) is 3. The third-order valence-corrected chi connectivity index (χ3v) is 7.17. The van der Waals surface area contributed by atoms with Crippen molar-refractivity contribution < 1.29 is 14.3 Å². The van der Waals surface area contributed by atoms with E-state index in [1.165, 1.54) is 12.1 Å². The molecule has 2 heterocycles. The summed E-state index contributed by atoms with van der Waals surface area (Å²) in [6.07, 6.45) is 1.87. The Bertz CT molecular complexity index is 1240. The van der Waals surface area contributed by atoms with Gasteiger partial charge >= 0.3 is 6.03 Å². The highest BCUT2D eigenvalue weighted by atomic mass is 19.1. The van der Waals surface area contributed by atoms with Gasteiger partial charge in [0.25, 0.3) is 0 Å². The summed E-state index contributed by atoms with van der Waals surface area (Å²) in [6, 6.07) is 24.0. The van der Waals surface area contributed by atoms with Gasteiger partial charge in [0.05, 0.1) is 6.61 Å². The molecule has 0 aromatic heterocycles. The summed E-state index contributed by atoms with van der Waals surface area (Å²) in [5, 5.41) is 13.1. The third-order valence-electron chi connectivity index (χ3n) is 7.17. The predicted octanol–water partition coefficient (Wildman–Crippen LogP) is 4.68. The van der Waals surface area contributed by atoms with E-state index >= 15 is 0 Å². The van der Waals surface area contributed by atoms with Crippen molar-refractivity contribution >= 4 is 11.7 Å². The SMILES string of the molecule is O=C(Nc1ccc(F)cc1)N1CCCCN2[C@@H](CO)[C@H](c3ccc(C#Cc4ccccc4)cc3)[C@@H]2C1. The molecular weight excluding hydrogens is 453 g/mol. The fourth-order valence-corrected chi connectivity index (χ4v) is 5.32. The Morgan fingerprint density at radius 3 is 2.28 bits per heavy atom. The molecule has 0 spiro atoms. The number of fused-ring (bicyclic) bond motifs is 1. The monoisotopic (exact) mass is 483 g/mol. The van der Waals surface area contributed by atoms with Gasteiger partial charge in [-0.05, 0) is 73.5 Å². The minimum Gasteiger partial charge on any atom is -0.395 e. The molecule has 3 atom stereocenters. The highest BCUT2D eigenvalue weighted by Gasteiger charge is 2.49. The van der Waals surface area contributed by atoms with E-state index in [1.807, 2.05) is 47.4 Å². The summed E-state index contributed by atoms with van der Waals surface area (Å²) < 4.78 is 13.2. The van der Waals surface area contributed by atoms with Gasteiger partial charge in [0, 0.05) is 47.9 Å². The molecule has 0 aliphatic carbocycles. The molecule has 2 aliphatic heterocycles. The molecule has 184 valence electrons. The molecule has 2 fully saturated rings. The Kier molecular flexibility index (Phi) is 7.31. The fraction of sp³-hybridized carbons (Fsp3) is 0.300. The van der Waals surface area contributed by atoms with Gasteiger partial charge in [-0.2, -0.15) is 0 Å². The summed E-state index contributed by atoms with van der Waals surface area (Å²) >= 11 is 0. The molecule has 2 aliphatic rings. The first-order valence-corrected chi connectivity index (χ1v) is 12.5. The van der Waals surface area contributed by atoms with Gasteiger partial charge in [-0.15, -0.1) is 0 Å². The Hall–Kier alpha value is -3.66. The summed E-state index contributed by atoms with van der Waals surface area (Å²) in [6.45, 7) is 2.24. The zero-order chi connectivity index (χ0) is 24.9. The quantitative estimate of drug-likeness (QED) is 0.532. The second-order valence-electron chi connectivity index (χ2n) is 9.41. The zero-order valence-electron chi connectivity index (χ0n) is 20.1. The van der Waals surface area contributed by atoms with Crippen LogP contribution in [0.2, 0.25) is 0 Å². The van der Waals surface area contributed by atoms with Crippen LogP contribution in [0, 0.1) is 17.7 Å². The van der Waals surface area contributed by atoms with Crippen molar-refractivity contribution in [2.45, 2.75) is 30.8 Å². The highest BCUT2D eigenvalue weighted by molar-refractivity contribution is 5.89. The number of aliphatic hydroxyl groups is 1. The fourth-order valence-electron chi connectivity index (χ4n) is 5.32. The number of benzene rings is 3. The number of carbonyl (C=O) groups is 1. The normalized spacial score (nSPS) is 21.7. The number of urea groups is 1. The number of aliphatic hydroxyl groups excluding tert-OH is 1. The molecule has 2 saturated heterocycles. The number of anilines is 1. The molecule has 2 amide bonds. The number of halogens is 1. The van der Waals surface area contributed by atoms with Gasteiger partial charge in [0.2, 0.25) is 0 Å².